The lowest BCUT2D eigenvalue weighted by atomic mass is 10.1. The molecule has 4 rings (SSSR count). The largest absolute Gasteiger partial charge is 0.309 e. The van der Waals surface area contributed by atoms with E-state index in [0.717, 1.165) is 21.5 Å². The van der Waals surface area contributed by atoms with Crippen LogP contribution < -0.4 is 4.90 Å². The van der Waals surface area contributed by atoms with Gasteiger partial charge in [-0.2, -0.15) is 0 Å². The third kappa shape index (κ3) is 2.81. The van der Waals surface area contributed by atoms with Crippen molar-refractivity contribution in [1.82, 2.24) is 0 Å². The van der Waals surface area contributed by atoms with Gasteiger partial charge in [-0.1, -0.05) is 60.7 Å². The number of benzene rings is 4. The molecule has 4 aromatic rings. The summed E-state index contributed by atoms with van der Waals surface area (Å²) in [7, 11) is 0. The van der Waals surface area contributed by atoms with Crippen LogP contribution in [0.25, 0.3) is 10.8 Å². The highest BCUT2D eigenvalue weighted by atomic mass is 79.9. The van der Waals surface area contributed by atoms with Gasteiger partial charge in [-0.3, -0.25) is 0 Å². The van der Waals surface area contributed by atoms with Crippen molar-refractivity contribution in [3.8, 4) is 0 Å². The molecule has 0 bridgehead atoms. The fourth-order valence-corrected chi connectivity index (χ4v) is 3.49. The summed E-state index contributed by atoms with van der Waals surface area (Å²) in [4.78, 5) is 2.27. The molecule has 0 radical (unpaired) electrons. The van der Waals surface area contributed by atoms with Crippen molar-refractivity contribution in [2.75, 3.05) is 4.90 Å². The van der Waals surface area contributed by atoms with Crippen LogP contribution in [0, 0.1) is 0 Å². The van der Waals surface area contributed by atoms with Crippen molar-refractivity contribution >= 4 is 43.8 Å². The molecule has 0 saturated heterocycles. The zero-order valence-electron chi connectivity index (χ0n) is 13.1. The number of hydrogen-bond acceptors (Lipinski definition) is 1. The van der Waals surface area contributed by atoms with E-state index >= 15 is 0 Å². The summed E-state index contributed by atoms with van der Waals surface area (Å²) in [5, 5.41) is 2.46. The third-order valence-corrected chi connectivity index (χ3v) is 4.72. The lowest BCUT2D eigenvalue weighted by Crippen LogP contribution is -2.10. The summed E-state index contributed by atoms with van der Waals surface area (Å²) >= 11 is 3.77. The van der Waals surface area contributed by atoms with E-state index in [0.29, 0.717) is 0 Å². The number of rotatable bonds is 3. The first-order chi connectivity index (χ1) is 11.8. The molecule has 4 aromatic carbocycles. The molecule has 1 nitrogen and oxygen atoms in total. The van der Waals surface area contributed by atoms with Crippen molar-refractivity contribution < 1.29 is 0 Å². The summed E-state index contributed by atoms with van der Waals surface area (Å²) in [6.07, 6.45) is 0. The Morgan fingerprint density at radius 3 is 1.54 bits per heavy atom. The maximum absolute atomic E-state index is 3.77. The van der Waals surface area contributed by atoms with E-state index in [1.54, 1.807) is 0 Å². The Morgan fingerprint density at radius 2 is 1.00 bits per heavy atom. The minimum atomic E-state index is 1.08. The Balaban J connectivity index is 1.96. The lowest BCUT2D eigenvalue weighted by Gasteiger charge is -2.26. The lowest BCUT2D eigenvalue weighted by molar-refractivity contribution is 1.28. The number of nitrogens with zero attached hydrogens (tertiary/aromatic N) is 1. The smallest absolute Gasteiger partial charge is 0.0610 e. The van der Waals surface area contributed by atoms with Gasteiger partial charge < -0.3 is 4.90 Å². The molecule has 24 heavy (non-hydrogen) atoms. The van der Waals surface area contributed by atoms with Gasteiger partial charge in [0.15, 0.2) is 0 Å². The zero-order chi connectivity index (χ0) is 16.4. The highest BCUT2D eigenvalue weighted by Crippen LogP contribution is 2.40. The third-order valence-electron chi connectivity index (χ3n) is 4.08. The molecular weight excluding hydrogens is 358 g/mol. The van der Waals surface area contributed by atoms with Crippen LogP contribution >= 0.6 is 15.9 Å². The van der Waals surface area contributed by atoms with Gasteiger partial charge in [0.25, 0.3) is 0 Å². The number of anilines is 3. The van der Waals surface area contributed by atoms with E-state index in [2.05, 4.69) is 106 Å². The molecule has 0 atom stereocenters. The second kappa shape index (κ2) is 6.50. The Kier molecular flexibility index (Phi) is 4.06. The van der Waals surface area contributed by atoms with E-state index in [-0.39, 0.29) is 0 Å². The quantitative estimate of drug-likeness (QED) is 0.371. The topological polar surface area (TPSA) is 3.24 Å². The van der Waals surface area contributed by atoms with Crippen molar-refractivity contribution in [3.63, 3.8) is 0 Å². The van der Waals surface area contributed by atoms with Crippen LogP contribution in [-0.2, 0) is 0 Å². The van der Waals surface area contributed by atoms with Gasteiger partial charge in [-0.05, 0) is 63.1 Å². The van der Waals surface area contributed by atoms with E-state index in [9.17, 15) is 0 Å². The second-order valence-electron chi connectivity index (χ2n) is 5.66. The van der Waals surface area contributed by atoms with Crippen LogP contribution in [0.5, 0.6) is 0 Å². The molecule has 0 aliphatic carbocycles. The standard InChI is InChI=1S/C22H16BrN/c23-21-15-17-9-7-8-10-18(17)16-22(21)24(19-11-3-1-4-12-19)20-13-5-2-6-14-20/h1-16H. The van der Waals surface area contributed by atoms with Crippen LogP contribution in [0.1, 0.15) is 0 Å². The van der Waals surface area contributed by atoms with Gasteiger partial charge in [-0.25, -0.2) is 0 Å². The molecule has 0 fully saturated rings. The Morgan fingerprint density at radius 1 is 0.542 bits per heavy atom. The molecular formula is C22H16BrN. The summed E-state index contributed by atoms with van der Waals surface area (Å²) < 4.78 is 1.08. The minimum absolute atomic E-state index is 1.08. The molecule has 0 saturated carbocycles. The summed E-state index contributed by atoms with van der Waals surface area (Å²) in [5.41, 5.74) is 3.41. The molecule has 2 heteroatoms. The molecule has 0 aromatic heterocycles. The average molecular weight is 374 g/mol. The Labute approximate surface area is 150 Å². The fourth-order valence-electron chi connectivity index (χ4n) is 2.95. The predicted molar refractivity (Wildman–Crippen MR) is 106 cm³/mol. The predicted octanol–water partition coefficient (Wildman–Crippen LogP) is 7.07. The van der Waals surface area contributed by atoms with Crippen molar-refractivity contribution in [1.29, 1.82) is 0 Å². The van der Waals surface area contributed by atoms with Crippen LogP contribution in [0.2, 0.25) is 0 Å². The highest BCUT2D eigenvalue weighted by molar-refractivity contribution is 9.10. The SMILES string of the molecule is Brc1cc2ccccc2cc1N(c1ccccc1)c1ccccc1. The average Bonchev–Trinajstić information content (AvgIpc) is 2.64. The normalized spacial score (nSPS) is 10.7. The van der Waals surface area contributed by atoms with Gasteiger partial charge in [0, 0.05) is 15.8 Å². The molecule has 0 N–H and O–H groups in total. The second-order valence-corrected chi connectivity index (χ2v) is 6.51. The molecule has 0 amide bonds. The van der Waals surface area contributed by atoms with E-state index in [1.807, 2.05) is 12.1 Å². The molecule has 0 spiro atoms. The van der Waals surface area contributed by atoms with Crippen molar-refractivity contribution in [2.24, 2.45) is 0 Å². The molecule has 0 aliphatic heterocycles. The number of halogens is 1. The number of hydrogen-bond donors (Lipinski definition) is 0. The van der Waals surface area contributed by atoms with E-state index in [4.69, 9.17) is 0 Å². The number of para-hydroxylation sites is 2. The summed E-state index contributed by atoms with van der Waals surface area (Å²) in [5.74, 6) is 0. The van der Waals surface area contributed by atoms with Crippen LogP contribution in [0.4, 0.5) is 17.1 Å². The minimum Gasteiger partial charge on any atom is -0.309 e. The fraction of sp³-hybridized carbons (Fsp3) is 0. The Hall–Kier alpha value is -2.58. The first-order valence-electron chi connectivity index (χ1n) is 7.91. The molecule has 0 aliphatic rings. The summed E-state index contributed by atoms with van der Waals surface area (Å²) in [6.45, 7) is 0. The maximum Gasteiger partial charge on any atom is 0.0610 e. The van der Waals surface area contributed by atoms with Crippen LogP contribution in [0.15, 0.2) is 102 Å². The van der Waals surface area contributed by atoms with Gasteiger partial charge in [0.05, 0.1) is 5.69 Å². The molecule has 0 heterocycles. The molecule has 116 valence electrons. The van der Waals surface area contributed by atoms with Crippen LogP contribution in [0.3, 0.4) is 0 Å². The van der Waals surface area contributed by atoms with Crippen molar-refractivity contribution in [3.05, 3.63) is 102 Å². The zero-order valence-corrected chi connectivity index (χ0v) is 14.6. The summed E-state index contributed by atoms with van der Waals surface area (Å²) in [6, 6.07) is 33.8. The van der Waals surface area contributed by atoms with Gasteiger partial charge >= 0.3 is 0 Å². The molecule has 0 unspecified atom stereocenters. The Bertz CT molecular complexity index is 925. The first kappa shape index (κ1) is 15.0. The maximum atomic E-state index is 3.77. The van der Waals surface area contributed by atoms with E-state index in [1.165, 1.54) is 10.8 Å². The van der Waals surface area contributed by atoms with Gasteiger partial charge in [0.1, 0.15) is 0 Å². The van der Waals surface area contributed by atoms with Crippen molar-refractivity contribution in [2.45, 2.75) is 0 Å². The first-order valence-corrected chi connectivity index (χ1v) is 8.71. The van der Waals surface area contributed by atoms with E-state index < -0.39 is 0 Å². The van der Waals surface area contributed by atoms with Gasteiger partial charge in [0.2, 0.25) is 0 Å². The van der Waals surface area contributed by atoms with Gasteiger partial charge in [-0.15, -0.1) is 0 Å². The number of fused-ring (bicyclic) bond motifs is 1. The van der Waals surface area contributed by atoms with Crippen LogP contribution in [-0.4, -0.2) is 0 Å². The monoisotopic (exact) mass is 373 g/mol. The highest BCUT2D eigenvalue weighted by Gasteiger charge is 2.15.